The van der Waals surface area contributed by atoms with E-state index in [2.05, 4.69) is 15.6 Å². The highest BCUT2D eigenvalue weighted by Gasteiger charge is 2.23. The van der Waals surface area contributed by atoms with Crippen LogP contribution in [0.2, 0.25) is 0 Å². The number of nitrogens with zero attached hydrogens (tertiary/aromatic N) is 3. The van der Waals surface area contributed by atoms with E-state index in [0.29, 0.717) is 18.2 Å². The van der Waals surface area contributed by atoms with Crippen LogP contribution >= 0.6 is 0 Å². The third-order valence-electron chi connectivity index (χ3n) is 3.08. The smallest absolute Gasteiger partial charge is 0.360 e. The van der Waals surface area contributed by atoms with Crippen LogP contribution in [-0.4, -0.2) is 40.0 Å². The number of carbonyl (C=O) groups excluding carboxylic acids is 2. The van der Waals surface area contributed by atoms with Crippen molar-refractivity contribution in [3.63, 3.8) is 0 Å². The quantitative estimate of drug-likeness (QED) is 0.648. The van der Waals surface area contributed by atoms with E-state index in [1.807, 2.05) is 0 Å². The molecule has 0 spiro atoms. The largest absolute Gasteiger partial charge is 0.461 e. The molecule has 0 aromatic carbocycles. The topological polar surface area (TPSA) is 112 Å². The second-order valence-electron chi connectivity index (χ2n) is 4.71. The van der Waals surface area contributed by atoms with E-state index in [1.165, 1.54) is 17.5 Å². The van der Waals surface area contributed by atoms with Crippen LogP contribution < -0.4 is 11.1 Å². The Hall–Kier alpha value is -1.96. The van der Waals surface area contributed by atoms with Crippen molar-refractivity contribution in [2.24, 2.45) is 11.7 Å². The molecule has 1 fully saturated rings. The first kappa shape index (κ1) is 14.4. The molecular formula is C12H19N5O3. The van der Waals surface area contributed by atoms with E-state index in [0.717, 1.165) is 0 Å². The van der Waals surface area contributed by atoms with Gasteiger partial charge in [0, 0.05) is 13.1 Å². The Labute approximate surface area is 116 Å². The minimum atomic E-state index is -0.572. The lowest BCUT2D eigenvalue weighted by Gasteiger charge is -2.06. The number of aromatic nitrogens is 3. The highest BCUT2D eigenvalue weighted by molar-refractivity contribution is 5.88. The summed E-state index contributed by atoms with van der Waals surface area (Å²) in [7, 11) is 0. The van der Waals surface area contributed by atoms with Gasteiger partial charge in [0.1, 0.15) is 6.54 Å². The number of carbonyl (C=O) groups is 2. The Morgan fingerprint density at radius 3 is 2.85 bits per heavy atom. The first-order valence-corrected chi connectivity index (χ1v) is 6.72. The molecule has 0 bridgehead atoms. The summed E-state index contributed by atoms with van der Waals surface area (Å²) in [5.41, 5.74) is 6.08. The third kappa shape index (κ3) is 3.53. The summed E-state index contributed by atoms with van der Waals surface area (Å²) in [6.07, 6.45) is 2.34. The van der Waals surface area contributed by atoms with Gasteiger partial charge in [-0.3, -0.25) is 4.79 Å². The van der Waals surface area contributed by atoms with Gasteiger partial charge in [0.15, 0.2) is 5.69 Å². The summed E-state index contributed by atoms with van der Waals surface area (Å²) in [4.78, 5) is 23.4. The molecule has 0 radical (unpaired) electrons. The first-order valence-electron chi connectivity index (χ1n) is 6.72. The monoisotopic (exact) mass is 281 g/mol. The molecule has 110 valence electrons. The van der Waals surface area contributed by atoms with E-state index >= 15 is 0 Å². The van der Waals surface area contributed by atoms with Crippen LogP contribution in [-0.2, 0) is 22.6 Å². The highest BCUT2D eigenvalue weighted by Crippen LogP contribution is 2.27. The Morgan fingerprint density at radius 2 is 2.25 bits per heavy atom. The van der Waals surface area contributed by atoms with Crippen LogP contribution in [0, 0.1) is 5.92 Å². The Bertz CT molecular complexity index is 495. The van der Waals surface area contributed by atoms with E-state index in [-0.39, 0.29) is 31.3 Å². The number of ether oxygens (including phenoxy) is 1. The fraction of sp³-hybridized carbons (Fsp3) is 0.667. The van der Waals surface area contributed by atoms with Crippen molar-refractivity contribution in [3.8, 4) is 0 Å². The van der Waals surface area contributed by atoms with Gasteiger partial charge in [0.2, 0.25) is 5.91 Å². The van der Waals surface area contributed by atoms with E-state index in [1.54, 1.807) is 6.92 Å². The lowest BCUT2D eigenvalue weighted by molar-refractivity contribution is -0.121. The second kappa shape index (κ2) is 6.47. The summed E-state index contributed by atoms with van der Waals surface area (Å²) in [6.45, 7) is 2.71. The Morgan fingerprint density at radius 1 is 1.50 bits per heavy atom. The average molecular weight is 281 g/mol. The molecule has 1 amide bonds. The summed E-state index contributed by atoms with van der Waals surface area (Å²) in [5, 5.41) is 10.4. The van der Waals surface area contributed by atoms with Crippen molar-refractivity contribution >= 4 is 11.9 Å². The number of hydrogen-bond donors (Lipinski definition) is 2. The number of hydrogen-bond acceptors (Lipinski definition) is 6. The number of nitrogens with one attached hydrogen (secondary N) is 1. The van der Waals surface area contributed by atoms with E-state index in [9.17, 15) is 9.59 Å². The molecule has 20 heavy (non-hydrogen) atoms. The molecule has 0 saturated heterocycles. The van der Waals surface area contributed by atoms with Gasteiger partial charge in [-0.25, -0.2) is 9.48 Å². The summed E-state index contributed by atoms with van der Waals surface area (Å²) in [5.74, 6) is -0.122. The number of nitrogens with two attached hydrogens (primary N) is 1. The molecule has 8 heteroatoms. The minimum Gasteiger partial charge on any atom is -0.461 e. The molecule has 1 heterocycles. The lowest BCUT2D eigenvalue weighted by atomic mass is 10.3. The standard InChI is InChI=1S/C12H19N5O3/c1-2-20-12(19)11-9(5-13)17(16-15-11)7-10(18)14-6-8-3-4-8/h8H,2-7,13H2,1H3,(H,14,18). The molecule has 1 aromatic rings. The molecule has 0 atom stereocenters. The lowest BCUT2D eigenvalue weighted by Crippen LogP contribution is -2.30. The van der Waals surface area contributed by atoms with Crippen LogP contribution in [0.5, 0.6) is 0 Å². The van der Waals surface area contributed by atoms with Crippen molar-refractivity contribution < 1.29 is 14.3 Å². The van der Waals surface area contributed by atoms with Crippen molar-refractivity contribution in [2.75, 3.05) is 13.2 Å². The third-order valence-corrected chi connectivity index (χ3v) is 3.08. The molecule has 0 aliphatic heterocycles. The maximum atomic E-state index is 11.8. The predicted octanol–water partition coefficient (Wildman–Crippen LogP) is -0.560. The molecule has 8 nitrogen and oxygen atoms in total. The van der Waals surface area contributed by atoms with Crippen LogP contribution in [0.3, 0.4) is 0 Å². The van der Waals surface area contributed by atoms with Gasteiger partial charge in [0.25, 0.3) is 0 Å². The van der Waals surface area contributed by atoms with Crippen LogP contribution in [0.1, 0.15) is 35.9 Å². The fourth-order valence-electron chi connectivity index (χ4n) is 1.79. The van der Waals surface area contributed by atoms with Gasteiger partial charge in [0.05, 0.1) is 12.3 Å². The van der Waals surface area contributed by atoms with Crippen molar-refractivity contribution in [3.05, 3.63) is 11.4 Å². The average Bonchev–Trinajstić information content (AvgIpc) is 3.17. The number of rotatable bonds is 7. The molecule has 3 N–H and O–H groups in total. The number of amides is 1. The van der Waals surface area contributed by atoms with Crippen LogP contribution in [0.25, 0.3) is 0 Å². The molecule has 2 rings (SSSR count). The predicted molar refractivity (Wildman–Crippen MR) is 69.6 cm³/mol. The van der Waals surface area contributed by atoms with Crippen LogP contribution in [0.15, 0.2) is 0 Å². The van der Waals surface area contributed by atoms with Crippen LogP contribution in [0.4, 0.5) is 0 Å². The molecule has 1 aromatic heterocycles. The van der Waals surface area contributed by atoms with Crippen molar-refractivity contribution in [1.29, 1.82) is 0 Å². The second-order valence-corrected chi connectivity index (χ2v) is 4.71. The Kier molecular flexibility index (Phi) is 4.67. The summed E-state index contributed by atoms with van der Waals surface area (Å²) >= 11 is 0. The van der Waals surface area contributed by atoms with Crippen molar-refractivity contribution in [1.82, 2.24) is 20.3 Å². The van der Waals surface area contributed by atoms with Gasteiger partial charge >= 0.3 is 5.97 Å². The number of esters is 1. The summed E-state index contributed by atoms with van der Waals surface area (Å²) < 4.78 is 6.21. The highest BCUT2D eigenvalue weighted by atomic mass is 16.5. The van der Waals surface area contributed by atoms with Gasteiger partial charge in [-0.05, 0) is 25.7 Å². The maximum absolute atomic E-state index is 11.8. The summed E-state index contributed by atoms with van der Waals surface area (Å²) in [6, 6.07) is 0. The molecule has 0 unspecified atom stereocenters. The van der Waals surface area contributed by atoms with Gasteiger partial charge in [-0.2, -0.15) is 0 Å². The maximum Gasteiger partial charge on any atom is 0.360 e. The normalized spacial score (nSPS) is 14.1. The first-order chi connectivity index (χ1) is 9.65. The van der Waals surface area contributed by atoms with Gasteiger partial charge in [-0.1, -0.05) is 5.21 Å². The molecule has 1 saturated carbocycles. The van der Waals surface area contributed by atoms with E-state index in [4.69, 9.17) is 10.5 Å². The molecule has 1 aliphatic carbocycles. The van der Waals surface area contributed by atoms with Gasteiger partial charge < -0.3 is 15.8 Å². The SMILES string of the molecule is CCOC(=O)c1nnn(CC(=O)NCC2CC2)c1CN. The minimum absolute atomic E-state index is 0.00561. The molecular weight excluding hydrogens is 262 g/mol. The zero-order valence-electron chi connectivity index (χ0n) is 11.5. The zero-order valence-corrected chi connectivity index (χ0v) is 11.5. The van der Waals surface area contributed by atoms with E-state index < -0.39 is 5.97 Å². The van der Waals surface area contributed by atoms with Gasteiger partial charge in [-0.15, -0.1) is 5.10 Å². The fourth-order valence-corrected chi connectivity index (χ4v) is 1.79. The zero-order chi connectivity index (χ0) is 14.5. The molecule has 1 aliphatic rings. The Balaban J connectivity index is 1.99. The van der Waals surface area contributed by atoms with Crippen molar-refractivity contribution in [2.45, 2.75) is 32.9 Å².